The van der Waals surface area contributed by atoms with Crippen LogP contribution >= 0.6 is 26.0 Å². The molecule has 26 heteroatoms. The molecule has 0 aliphatic carbocycles. The number of phosphoric ester groups is 1. The molecule has 21 nitrogen and oxygen atoms in total. The normalized spacial score (nSPS) is 30.9. The summed E-state index contributed by atoms with van der Waals surface area (Å²) < 4.78 is 102. The van der Waals surface area contributed by atoms with E-state index in [1.807, 2.05) is 4.98 Å². The molecule has 3 aliphatic rings. The molecule has 3 aliphatic heterocycles. The second-order valence-corrected chi connectivity index (χ2v) is 19.0. The summed E-state index contributed by atoms with van der Waals surface area (Å²) in [6.45, 7) is -4.89. The van der Waals surface area contributed by atoms with Crippen molar-refractivity contribution in [1.29, 1.82) is 0 Å². The molecule has 2 bridgehead atoms. The number of H-pyrrole nitrogens is 1. The van der Waals surface area contributed by atoms with Crippen molar-refractivity contribution < 1.29 is 65.0 Å². The summed E-state index contributed by atoms with van der Waals surface area (Å²) >= 11 is 0.576. The highest BCUT2D eigenvalue weighted by Gasteiger charge is 2.55. The van der Waals surface area contributed by atoms with Gasteiger partial charge in [0.1, 0.15) is 47.8 Å². The third-order valence-electron chi connectivity index (χ3n) is 9.58. The van der Waals surface area contributed by atoms with E-state index in [9.17, 15) is 33.5 Å². The van der Waals surface area contributed by atoms with Crippen LogP contribution in [0.4, 0.5) is 14.6 Å². The number of phosphoric acid groups is 1. The van der Waals surface area contributed by atoms with Crippen molar-refractivity contribution >= 4 is 49.0 Å². The van der Waals surface area contributed by atoms with E-state index in [0.717, 1.165) is 18.6 Å². The van der Waals surface area contributed by atoms with Crippen LogP contribution in [0.3, 0.4) is 0 Å². The van der Waals surface area contributed by atoms with Gasteiger partial charge in [-0.05, 0) is 59.8 Å². The van der Waals surface area contributed by atoms with E-state index < -0.39 is 94.3 Å². The van der Waals surface area contributed by atoms with Gasteiger partial charge in [0.25, 0.3) is 5.56 Å². The Balaban J connectivity index is 1.09. The summed E-state index contributed by atoms with van der Waals surface area (Å²) in [4.78, 5) is 62.0. The van der Waals surface area contributed by atoms with Gasteiger partial charge in [0.15, 0.2) is 36.3 Å². The van der Waals surface area contributed by atoms with Gasteiger partial charge in [-0.25, -0.2) is 42.5 Å². The predicted octanol–water partition coefficient (Wildman–Crippen LogP) is 3.62. The number of aryl methyl sites for hydroxylation is 1. The van der Waals surface area contributed by atoms with Gasteiger partial charge in [0, 0.05) is 18.0 Å². The number of aromatic nitrogens is 6. The number of nitrogens with two attached hydrogens (primary N) is 1. The van der Waals surface area contributed by atoms with E-state index in [0.29, 0.717) is 27.1 Å². The summed E-state index contributed by atoms with van der Waals surface area (Å²) in [5, 5.41) is 9.68. The molecule has 3 saturated heterocycles. The van der Waals surface area contributed by atoms with Crippen LogP contribution < -0.4 is 21.7 Å². The number of aromatic hydroxyl groups is 1. The SMILES string of the molecule is Cc1cc(O)ccc1C(=O)Oc1ccc(CSP2(=O)OC[C@H]3O[C@@H](n4ccc(=O)[nH]c4=O)[C@H](F)[C@@H]3OP(=O)(O)OC[C@H]3O[C@@H](n4cnc5c(N)ncnc54)[C@H](O2)[C@@H]3F)cc1. The van der Waals surface area contributed by atoms with Crippen LogP contribution in [0.1, 0.15) is 33.9 Å². The molecular formula is C34H33F2N7O14P2S. The van der Waals surface area contributed by atoms with E-state index in [-0.39, 0.29) is 39.8 Å². The number of rotatable bonds is 7. The minimum Gasteiger partial charge on any atom is -0.508 e. The van der Waals surface area contributed by atoms with Crippen LogP contribution in [0.2, 0.25) is 0 Å². The molecule has 6 heterocycles. The summed E-state index contributed by atoms with van der Waals surface area (Å²) in [7, 11) is -5.28. The monoisotopic (exact) mass is 895 g/mol. The zero-order valence-corrected chi connectivity index (χ0v) is 33.4. The molecule has 3 aromatic heterocycles. The van der Waals surface area contributed by atoms with Crippen LogP contribution in [0.15, 0.2) is 77.0 Å². The number of nitrogen functional groups attached to an aromatic ring is 1. The number of phenolic OH excluding ortho intramolecular Hbond substituents is 1. The lowest BCUT2D eigenvalue weighted by Gasteiger charge is -2.27. The molecule has 2 unspecified atom stereocenters. The Hall–Kier alpha value is -4.87. The first kappa shape index (κ1) is 41.8. The number of fused-ring (bicyclic) bond motifs is 4. The Kier molecular flexibility index (Phi) is 11.5. The van der Waals surface area contributed by atoms with E-state index in [1.54, 1.807) is 19.1 Å². The number of aromatic amines is 1. The van der Waals surface area contributed by atoms with E-state index >= 15 is 8.78 Å². The lowest BCUT2D eigenvalue weighted by molar-refractivity contribution is -0.0620. The number of anilines is 1. The molecule has 318 valence electrons. The van der Waals surface area contributed by atoms with Crippen molar-refractivity contribution in [3.63, 3.8) is 0 Å². The number of halogens is 2. The molecule has 5 N–H and O–H groups in total. The summed E-state index contributed by atoms with van der Waals surface area (Å²) in [5.41, 5.74) is 5.46. The first-order valence-electron chi connectivity index (χ1n) is 17.8. The Morgan fingerprint density at radius 2 is 1.72 bits per heavy atom. The number of carbonyl (C=O) groups excluding carboxylic acids is 1. The quantitative estimate of drug-likeness (QED) is 0.103. The maximum atomic E-state index is 16.5. The van der Waals surface area contributed by atoms with Gasteiger partial charge in [-0.2, -0.15) is 0 Å². The van der Waals surface area contributed by atoms with Crippen molar-refractivity contribution in [1.82, 2.24) is 29.1 Å². The Bertz CT molecular complexity index is 2660. The average molecular weight is 896 g/mol. The summed E-state index contributed by atoms with van der Waals surface area (Å²) in [6, 6.07) is 11.1. The molecule has 0 radical (unpaired) electrons. The number of ether oxygens (including phenoxy) is 3. The Labute approximate surface area is 339 Å². The van der Waals surface area contributed by atoms with Crippen molar-refractivity contribution in [3.8, 4) is 11.5 Å². The number of benzene rings is 2. The maximum Gasteiger partial charge on any atom is 0.472 e. The molecule has 3 fully saturated rings. The van der Waals surface area contributed by atoms with Gasteiger partial charge >= 0.3 is 26.3 Å². The van der Waals surface area contributed by atoms with Crippen LogP contribution in [-0.2, 0) is 42.5 Å². The summed E-state index contributed by atoms with van der Waals surface area (Å²) in [5.74, 6) is -0.705. The average Bonchev–Trinajstić information content (AvgIpc) is 3.86. The van der Waals surface area contributed by atoms with Gasteiger partial charge in [-0.15, -0.1) is 0 Å². The lowest BCUT2D eigenvalue weighted by atomic mass is 10.1. The van der Waals surface area contributed by atoms with E-state index in [2.05, 4.69) is 15.0 Å². The van der Waals surface area contributed by atoms with Crippen LogP contribution in [0.5, 0.6) is 11.5 Å². The number of alkyl halides is 2. The third-order valence-corrected chi connectivity index (χ3v) is 14.2. The topological polar surface area (TPSA) is 281 Å². The zero-order valence-electron chi connectivity index (χ0n) is 30.8. The molecule has 0 spiro atoms. The number of carbonyl (C=O) groups is 1. The first-order valence-corrected chi connectivity index (χ1v) is 22.4. The second-order valence-electron chi connectivity index (χ2n) is 13.6. The highest BCUT2D eigenvalue weighted by molar-refractivity contribution is 8.54. The van der Waals surface area contributed by atoms with Gasteiger partial charge in [-0.1, -0.05) is 12.1 Å². The first-order chi connectivity index (χ1) is 28.6. The van der Waals surface area contributed by atoms with E-state index in [1.165, 1.54) is 41.2 Å². The van der Waals surface area contributed by atoms with Gasteiger partial charge in [-0.3, -0.25) is 37.0 Å². The number of hydrogen-bond acceptors (Lipinski definition) is 18. The van der Waals surface area contributed by atoms with E-state index in [4.69, 9.17) is 38.0 Å². The zero-order chi connectivity index (χ0) is 42.5. The number of imidazole rings is 1. The fourth-order valence-electron chi connectivity index (χ4n) is 6.64. The minimum atomic E-state index is -5.28. The second kappa shape index (κ2) is 16.5. The van der Waals surface area contributed by atoms with Crippen molar-refractivity contribution in [3.05, 3.63) is 105 Å². The number of esters is 1. The molecule has 10 atom stereocenters. The number of phenols is 1. The minimum absolute atomic E-state index is 0.0185. The largest absolute Gasteiger partial charge is 0.508 e. The molecule has 0 amide bonds. The maximum absolute atomic E-state index is 16.5. The van der Waals surface area contributed by atoms with Crippen LogP contribution in [-0.4, -0.2) is 95.0 Å². The smallest absolute Gasteiger partial charge is 0.472 e. The number of hydrogen-bond donors (Lipinski definition) is 4. The fraction of sp³-hybridized carbons (Fsp3) is 0.353. The Morgan fingerprint density at radius 1 is 0.967 bits per heavy atom. The molecule has 2 aromatic carbocycles. The number of nitrogens with one attached hydrogen (secondary N) is 1. The molecule has 5 aromatic rings. The van der Waals surface area contributed by atoms with Crippen LogP contribution in [0.25, 0.3) is 11.2 Å². The summed E-state index contributed by atoms with van der Waals surface area (Å²) in [6.07, 6.45) is -11.9. The molecule has 60 heavy (non-hydrogen) atoms. The van der Waals surface area contributed by atoms with Gasteiger partial charge < -0.3 is 29.9 Å². The van der Waals surface area contributed by atoms with Gasteiger partial charge in [0.05, 0.1) is 25.1 Å². The van der Waals surface area contributed by atoms with Crippen molar-refractivity contribution in [2.45, 2.75) is 61.9 Å². The highest BCUT2D eigenvalue weighted by Crippen LogP contribution is 2.65. The molecular weight excluding hydrogens is 862 g/mol. The van der Waals surface area contributed by atoms with Crippen LogP contribution in [0, 0.1) is 6.92 Å². The lowest BCUT2D eigenvalue weighted by Crippen LogP contribution is -2.36. The molecule has 0 saturated carbocycles. The number of nitrogens with zero attached hydrogens (tertiary/aromatic N) is 5. The third kappa shape index (κ3) is 8.53. The standard InChI is InChI=1S/C34H33F2N7O14P2S/c1-16-10-18(44)4-7-20(16)33(46)53-19-5-2-17(3-6-19)13-60-59(50)52-12-22-27(25(36)31(55-22)42-9-8-23(45)41-34(42)47)56-58(48,49)51-11-21-24(35)28(57-59)32(54-21)43-15-40-26-29(37)38-14-39-30(26)43/h2-10,14-15,21-22,24-25,27-28,31-32,44H,11-13H2,1H3,(H,48,49)(H2,37,38,39)(H,41,45,47)/t21-,22-,24-,25-,27-,28-,31-,32-,59?/m1/s1. The highest BCUT2D eigenvalue weighted by atomic mass is 32.7. The predicted molar refractivity (Wildman–Crippen MR) is 203 cm³/mol. The molecule has 8 rings (SSSR count). The Morgan fingerprint density at radius 3 is 2.47 bits per heavy atom. The van der Waals surface area contributed by atoms with Gasteiger partial charge in [0.2, 0.25) is 0 Å². The van der Waals surface area contributed by atoms with Crippen molar-refractivity contribution in [2.75, 3.05) is 18.9 Å². The van der Waals surface area contributed by atoms with Crippen molar-refractivity contribution in [2.24, 2.45) is 0 Å². The fourth-order valence-corrected chi connectivity index (χ4v) is 10.9.